The van der Waals surface area contributed by atoms with Crippen LogP contribution in [-0.2, 0) is 4.79 Å². The van der Waals surface area contributed by atoms with Crippen molar-refractivity contribution in [1.29, 1.82) is 0 Å². The molecule has 2 N–H and O–H groups in total. The fourth-order valence-corrected chi connectivity index (χ4v) is 1.49. The van der Waals surface area contributed by atoms with E-state index in [1.165, 1.54) is 0 Å². The molecule has 3 nitrogen and oxygen atoms in total. The van der Waals surface area contributed by atoms with Gasteiger partial charge in [0.25, 0.3) is 0 Å². The first-order chi connectivity index (χ1) is 7.63. The fraction of sp³-hybridized carbons (Fsp3) is 0.462. The molecule has 0 aliphatic heterocycles. The SMILES string of the molecule is CCCCCC(=O)Nc1ccc(O)c(C)c1. The van der Waals surface area contributed by atoms with Crippen molar-refractivity contribution in [2.24, 2.45) is 0 Å². The molecule has 0 saturated heterocycles. The van der Waals surface area contributed by atoms with Crippen LogP contribution in [0.2, 0.25) is 0 Å². The summed E-state index contributed by atoms with van der Waals surface area (Å²) in [5.74, 6) is 0.294. The highest BCUT2D eigenvalue weighted by molar-refractivity contribution is 5.90. The lowest BCUT2D eigenvalue weighted by Gasteiger charge is -2.06. The van der Waals surface area contributed by atoms with Crippen molar-refractivity contribution in [2.75, 3.05) is 5.32 Å². The molecule has 0 bridgehead atoms. The van der Waals surface area contributed by atoms with Crippen LogP contribution in [0.1, 0.15) is 38.2 Å². The molecule has 1 rings (SSSR count). The lowest BCUT2D eigenvalue weighted by Crippen LogP contribution is -2.10. The largest absolute Gasteiger partial charge is 0.508 e. The third kappa shape index (κ3) is 3.93. The highest BCUT2D eigenvalue weighted by Gasteiger charge is 2.03. The number of phenols is 1. The first kappa shape index (κ1) is 12.6. The van der Waals surface area contributed by atoms with Gasteiger partial charge in [-0.05, 0) is 37.1 Å². The standard InChI is InChI=1S/C13H19NO2/c1-3-4-5-6-13(16)14-11-7-8-12(15)10(2)9-11/h7-9,15H,3-6H2,1-2H3,(H,14,16). The Labute approximate surface area is 96.5 Å². The minimum atomic E-state index is 0.0403. The summed E-state index contributed by atoms with van der Waals surface area (Å²) in [6.45, 7) is 3.92. The van der Waals surface area contributed by atoms with Crippen LogP contribution >= 0.6 is 0 Å². The van der Waals surface area contributed by atoms with Crippen LogP contribution in [0.3, 0.4) is 0 Å². The van der Waals surface area contributed by atoms with Crippen molar-refractivity contribution < 1.29 is 9.90 Å². The summed E-state index contributed by atoms with van der Waals surface area (Å²) in [7, 11) is 0. The number of anilines is 1. The first-order valence-corrected chi connectivity index (χ1v) is 5.73. The minimum absolute atomic E-state index is 0.0403. The summed E-state index contributed by atoms with van der Waals surface area (Å²) in [5.41, 5.74) is 1.52. The normalized spacial score (nSPS) is 10.1. The topological polar surface area (TPSA) is 49.3 Å². The van der Waals surface area contributed by atoms with Gasteiger partial charge in [0.15, 0.2) is 0 Å². The van der Waals surface area contributed by atoms with Crippen molar-refractivity contribution in [3.8, 4) is 5.75 Å². The van der Waals surface area contributed by atoms with Gasteiger partial charge in [0.1, 0.15) is 5.75 Å². The van der Waals surface area contributed by atoms with Gasteiger partial charge in [-0.25, -0.2) is 0 Å². The second-order valence-electron chi connectivity index (χ2n) is 4.01. The Morgan fingerprint density at radius 3 is 2.75 bits per heavy atom. The second-order valence-corrected chi connectivity index (χ2v) is 4.01. The monoisotopic (exact) mass is 221 g/mol. The van der Waals surface area contributed by atoms with Gasteiger partial charge in [-0.2, -0.15) is 0 Å². The third-order valence-electron chi connectivity index (χ3n) is 2.49. The quantitative estimate of drug-likeness (QED) is 0.592. The van der Waals surface area contributed by atoms with Crippen LogP contribution in [-0.4, -0.2) is 11.0 Å². The van der Waals surface area contributed by atoms with Gasteiger partial charge < -0.3 is 10.4 Å². The lowest BCUT2D eigenvalue weighted by atomic mass is 10.2. The number of benzene rings is 1. The average Bonchev–Trinajstić information content (AvgIpc) is 2.24. The molecule has 0 aliphatic carbocycles. The molecule has 0 saturated carbocycles. The molecule has 3 heteroatoms. The maximum Gasteiger partial charge on any atom is 0.224 e. The second kappa shape index (κ2) is 6.16. The van der Waals surface area contributed by atoms with Crippen LogP contribution in [0.25, 0.3) is 0 Å². The minimum Gasteiger partial charge on any atom is -0.508 e. The Kier molecular flexibility index (Phi) is 4.83. The maximum atomic E-state index is 11.5. The van der Waals surface area contributed by atoms with Crippen LogP contribution in [0, 0.1) is 6.92 Å². The van der Waals surface area contributed by atoms with Crippen LogP contribution in [0.15, 0.2) is 18.2 Å². The number of amides is 1. The van der Waals surface area contributed by atoms with Crippen molar-refractivity contribution in [3.63, 3.8) is 0 Å². The Hall–Kier alpha value is -1.51. The van der Waals surface area contributed by atoms with E-state index in [0.29, 0.717) is 6.42 Å². The molecule has 1 aromatic carbocycles. The number of hydrogen-bond donors (Lipinski definition) is 2. The van der Waals surface area contributed by atoms with E-state index in [2.05, 4.69) is 12.2 Å². The van der Waals surface area contributed by atoms with Crippen molar-refractivity contribution >= 4 is 11.6 Å². The zero-order valence-electron chi connectivity index (χ0n) is 9.92. The van der Waals surface area contributed by atoms with Gasteiger partial charge in [0, 0.05) is 12.1 Å². The lowest BCUT2D eigenvalue weighted by molar-refractivity contribution is -0.116. The summed E-state index contributed by atoms with van der Waals surface area (Å²) in [4.78, 5) is 11.5. The third-order valence-corrected chi connectivity index (χ3v) is 2.49. The molecule has 0 aromatic heterocycles. The van der Waals surface area contributed by atoms with E-state index in [0.717, 1.165) is 30.5 Å². The van der Waals surface area contributed by atoms with E-state index in [1.54, 1.807) is 18.2 Å². The fourth-order valence-electron chi connectivity index (χ4n) is 1.49. The highest BCUT2D eigenvalue weighted by Crippen LogP contribution is 2.20. The molecular formula is C13H19NO2. The molecule has 88 valence electrons. The Morgan fingerprint density at radius 2 is 2.12 bits per heavy atom. The van der Waals surface area contributed by atoms with Gasteiger partial charge >= 0.3 is 0 Å². The van der Waals surface area contributed by atoms with Crippen molar-refractivity contribution in [3.05, 3.63) is 23.8 Å². The number of hydrogen-bond acceptors (Lipinski definition) is 2. The van der Waals surface area contributed by atoms with Gasteiger partial charge in [0.05, 0.1) is 0 Å². The van der Waals surface area contributed by atoms with Gasteiger partial charge in [-0.1, -0.05) is 19.8 Å². The molecule has 0 fully saturated rings. The van der Waals surface area contributed by atoms with E-state index < -0.39 is 0 Å². The Bertz CT molecular complexity index is 361. The zero-order valence-corrected chi connectivity index (χ0v) is 9.92. The van der Waals surface area contributed by atoms with Crippen molar-refractivity contribution in [2.45, 2.75) is 39.5 Å². The predicted molar refractivity (Wildman–Crippen MR) is 65.6 cm³/mol. The summed E-state index contributed by atoms with van der Waals surface area (Å²) in [5, 5.41) is 12.2. The van der Waals surface area contributed by atoms with E-state index in [9.17, 15) is 9.90 Å². The smallest absolute Gasteiger partial charge is 0.224 e. The van der Waals surface area contributed by atoms with Gasteiger partial charge in [-0.3, -0.25) is 4.79 Å². The summed E-state index contributed by atoms with van der Waals surface area (Å²) in [6.07, 6.45) is 3.70. The number of aryl methyl sites for hydroxylation is 1. The number of carbonyl (C=O) groups excluding carboxylic acids is 1. The molecular weight excluding hydrogens is 202 g/mol. The summed E-state index contributed by atoms with van der Waals surface area (Å²) in [6, 6.07) is 5.07. The average molecular weight is 221 g/mol. The molecule has 0 atom stereocenters. The number of unbranched alkanes of at least 4 members (excludes halogenated alkanes) is 2. The first-order valence-electron chi connectivity index (χ1n) is 5.73. The number of aromatic hydroxyl groups is 1. The van der Waals surface area contributed by atoms with E-state index >= 15 is 0 Å². The number of phenolic OH excluding ortho intramolecular Hbond substituents is 1. The molecule has 0 unspecified atom stereocenters. The van der Waals surface area contributed by atoms with E-state index in [4.69, 9.17) is 0 Å². The van der Waals surface area contributed by atoms with Crippen LogP contribution in [0.4, 0.5) is 5.69 Å². The van der Waals surface area contributed by atoms with Crippen molar-refractivity contribution in [1.82, 2.24) is 0 Å². The predicted octanol–water partition coefficient (Wildman–Crippen LogP) is 3.22. The summed E-state index contributed by atoms with van der Waals surface area (Å²) < 4.78 is 0. The molecule has 0 heterocycles. The molecule has 1 amide bonds. The highest BCUT2D eigenvalue weighted by atomic mass is 16.3. The zero-order chi connectivity index (χ0) is 12.0. The molecule has 1 aromatic rings. The van der Waals surface area contributed by atoms with Gasteiger partial charge in [0.2, 0.25) is 5.91 Å². The molecule has 0 radical (unpaired) electrons. The summed E-state index contributed by atoms with van der Waals surface area (Å²) >= 11 is 0. The van der Waals surface area contributed by atoms with Crippen LogP contribution in [0.5, 0.6) is 5.75 Å². The number of rotatable bonds is 5. The number of nitrogens with one attached hydrogen (secondary N) is 1. The number of carbonyl (C=O) groups is 1. The molecule has 0 aliphatic rings. The van der Waals surface area contributed by atoms with E-state index in [-0.39, 0.29) is 11.7 Å². The van der Waals surface area contributed by atoms with Gasteiger partial charge in [-0.15, -0.1) is 0 Å². The van der Waals surface area contributed by atoms with Crippen LogP contribution < -0.4 is 5.32 Å². The Morgan fingerprint density at radius 1 is 1.38 bits per heavy atom. The maximum absolute atomic E-state index is 11.5. The molecule has 0 spiro atoms. The molecule has 16 heavy (non-hydrogen) atoms. The van der Waals surface area contributed by atoms with E-state index in [1.807, 2.05) is 6.92 Å². The Balaban J connectivity index is 2.46.